The summed E-state index contributed by atoms with van der Waals surface area (Å²) in [6, 6.07) is 10.8. The summed E-state index contributed by atoms with van der Waals surface area (Å²) < 4.78 is 5.20. The highest BCUT2D eigenvalue weighted by Crippen LogP contribution is 2.20. The third-order valence-electron chi connectivity index (χ3n) is 4.29. The summed E-state index contributed by atoms with van der Waals surface area (Å²) >= 11 is 0. The number of hydrogen-bond donors (Lipinski definition) is 2. The summed E-state index contributed by atoms with van der Waals surface area (Å²) in [7, 11) is 0. The van der Waals surface area contributed by atoms with Crippen LogP contribution in [0.4, 0.5) is 5.69 Å². The smallest absolute Gasteiger partial charge is 0.251 e. The molecular weight excluding hydrogens is 358 g/mol. The zero-order valence-electron chi connectivity index (χ0n) is 15.1. The second kappa shape index (κ2) is 7.99. The Hall–Kier alpha value is -3.55. The fourth-order valence-electron chi connectivity index (χ4n) is 2.65. The van der Waals surface area contributed by atoms with Crippen molar-refractivity contribution in [2.45, 2.75) is 31.7 Å². The molecule has 2 aromatic heterocycles. The second-order valence-corrected chi connectivity index (χ2v) is 6.62. The fraction of sp³-hybridized carbons (Fsp3) is 0.250. The number of carbonyl (C=O) groups is 2. The molecule has 0 spiro atoms. The van der Waals surface area contributed by atoms with Crippen LogP contribution in [0.1, 0.15) is 35.5 Å². The number of anilines is 1. The Morgan fingerprint density at radius 1 is 1.14 bits per heavy atom. The van der Waals surface area contributed by atoms with Gasteiger partial charge in [-0.05, 0) is 43.2 Å². The van der Waals surface area contributed by atoms with E-state index in [9.17, 15) is 9.59 Å². The molecule has 3 aromatic rings. The van der Waals surface area contributed by atoms with Gasteiger partial charge in [0.15, 0.2) is 0 Å². The molecule has 8 nitrogen and oxygen atoms in total. The first-order valence-corrected chi connectivity index (χ1v) is 9.11. The Balaban J connectivity index is 1.31. The van der Waals surface area contributed by atoms with E-state index in [-0.39, 0.29) is 24.3 Å². The highest BCUT2D eigenvalue weighted by Gasteiger charge is 2.23. The molecule has 0 saturated heterocycles. The van der Waals surface area contributed by atoms with E-state index >= 15 is 0 Å². The van der Waals surface area contributed by atoms with Gasteiger partial charge in [-0.25, -0.2) is 0 Å². The Morgan fingerprint density at radius 3 is 2.75 bits per heavy atom. The van der Waals surface area contributed by atoms with Gasteiger partial charge in [-0.15, -0.1) is 0 Å². The minimum Gasteiger partial charge on any atom is -0.349 e. The molecule has 0 bridgehead atoms. The summed E-state index contributed by atoms with van der Waals surface area (Å²) in [4.78, 5) is 32.6. The maximum atomic E-state index is 12.2. The van der Waals surface area contributed by atoms with Gasteiger partial charge in [0, 0.05) is 48.1 Å². The highest BCUT2D eigenvalue weighted by molar-refractivity contribution is 5.97. The van der Waals surface area contributed by atoms with Gasteiger partial charge < -0.3 is 15.2 Å². The monoisotopic (exact) mass is 377 g/mol. The molecule has 1 aliphatic rings. The fourth-order valence-corrected chi connectivity index (χ4v) is 2.65. The van der Waals surface area contributed by atoms with Gasteiger partial charge in [-0.3, -0.25) is 14.6 Å². The van der Waals surface area contributed by atoms with Crippen LogP contribution in [-0.2, 0) is 11.2 Å². The molecule has 2 amide bonds. The molecule has 0 atom stereocenters. The minimum atomic E-state index is -0.191. The molecule has 0 unspecified atom stereocenters. The van der Waals surface area contributed by atoms with Crippen molar-refractivity contribution >= 4 is 17.5 Å². The molecule has 4 rings (SSSR count). The van der Waals surface area contributed by atoms with Crippen LogP contribution in [-0.4, -0.2) is 33.0 Å². The largest absolute Gasteiger partial charge is 0.349 e. The molecule has 142 valence electrons. The van der Waals surface area contributed by atoms with Crippen LogP contribution in [0.15, 0.2) is 53.3 Å². The molecule has 2 N–H and O–H groups in total. The van der Waals surface area contributed by atoms with Crippen molar-refractivity contribution in [1.82, 2.24) is 20.4 Å². The molecule has 1 saturated carbocycles. The van der Waals surface area contributed by atoms with Crippen molar-refractivity contribution in [1.29, 1.82) is 0 Å². The predicted octanol–water partition coefficient (Wildman–Crippen LogP) is 2.60. The number of nitrogens with one attached hydrogen (secondary N) is 2. The molecular formula is C20H19N5O3. The molecule has 2 heterocycles. The summed E-state index contributed by atoms with van der Waals surface area (Å²) in [6.45, 7) is 0. The van der Waals surface area contributed by atoms with Crippen LogP contribution in [0, 0.1) is 0 Å². The topological polar surface area (TPSA) is 110 Å². The zero-order valence-corrected chi connectivity index (χ0v) is 15.1. The van der Waals surface area contributed by atoms with Crippen LogP contribution in [0.25, 0.3) is 11.4 Å². The lowest BCUT2D eigenvalue weighted by atomic mass is 10.2. The first-order chi connectivity index (χ1) is 13.7. The van der Waals surface area contributed by atoms with E-state index in [2.05, 4.69) is 25.8 Å². The number of aromatic nitrogens is 3. The SMILES string of the molecule is O=C(CCc1nc(-c2ccncc2)no1)Nc1cccc(C(=O)NC2CC2)c1. The quantitative estimate of drug-likeness (QED) is 0.655. The van der Waals surface area contributed by atoms with Crippen molar-refractivity contribution < 1.29 is 14.1 Å². The van der Waals surface area contributed by atoms with Gasteiger partial charge in [0.25, 0.3) is 5.91 Å². The molecule has 1 aromatic carbocycles. The van der Waals surface area contributed by atoms with Gasteiger partial charge in [-0.2, -0.15) is 4.98 Å². The standard InChI is InChI=1S/C20H19N5O3/c26-17(6-7-18-24-19(25-28-18)13-8-10-21-11-9-13)22-16-3-1-2-14(12-16)20(27)23-15-4-5-15/h1-3,8-12,15H,4-7H2,(H,22,26)(H,23,27). The summed E-state index contributed by atoms with van der Waals surface area (Å²) in [5, 5.41) is 9.65. The lowest BCUT2D eigenvalue weighted by Crippen LogP contribution is -2.25. The highest BCUT2D eigenvalue weighted by atomic mass is 16.5. The summed E-state index contributed by atoms with van der Waals surface area (Å²) in [5.41, 5.74) is 1.91. The van der Waals surface area contributed by atoms with Crippen LogP contribution >= 0.6 is 0 Å². The van der Waals surface area contributed by atoms with Gasteiger partial charge in [0.2, 0.25) is 17.6 Å². The lowest BCUT2D eigenvalue weighted by Gasteiger charge is -2.07. The maximum absolute atomic E-state index is 12.2. The average Bonchev–Trinajstić information content (AvgIpc) is 3.40. The average molecular weight is 377 g/mol. The number of carbonyl (C=O) groups excluding carboxylic acids is 2. The Kier molecular flexibility index (Phi) is 5.09. The lowest BCUT2D eigenvalue weighted by molar-refractivity contribution is -0.116. The van der Waals surface area contributed by atoms with E-state index in [1.807, 2.05) is 0 Å². The van der Waals surface area contributed by atoms with E-state index in [1.54, 1.807) is 48.8 Å². The van der Waals surface area contributed by atoms with Crippen LogP contribution < -0.4 is 10.6 Å². The first-order valence-electron chi connectivity index (χ1n) is 9.11. The van der Waals surface area contributed by atoms with Crippen molar-refractivity contribution in [2.24, 2.45) is 0 Å². The number of rotatable bonds is 7. The first kappa shape index (κ1) is 17.8. The Morgan fingerprint density at radius 2 is 1.96 bits per heavy atom. The van der Waals surface area contributed by atoms with Crippen molar-refractivity contribution in [2.75, 3.05) is 5.32 Å². The van der Waals surface area contributed by atoms with Gasteiger partial charge in [0.1, 0.15) is 0 Å². The normalized spacial score (nSPS) is 13.1. The maximum Gasteiger partial charge on any atom is 0.251 e. The molecule has 0 aliphatic heterocycles. The second-order valence-electron chi connectivity index (χ2n) is 6.62. The number of hydrogen-bond acceptors (Lipinski definition) is 6. The number of amides is 2. The van der Waals surface area contributed by atoms with E-state index < -0.39 is 0 Å². The predicted molar refractivity (Wildman–Crippen MR) is 101 cm³/mol. The molecule has 28 heavy (non-hydrogen) atoms. The van der Waals surface area contributed by atoms with Gasteiger partial charge in [0.05, 0.1) is 0 Å². The molecule has 1 aliphatic carbocycles. The number of benzene rings is 1. The van der Waals surface area contributed by atoms with Crippen molar-refractivity contribution in [3.05, 3.63) is 60.2 Å². The summed E-state index contributed by atoms with van der Waals surface area (Å²) in [6.07, 6.45) is 5.87. The third-order valence-corrected chi connectivity index (χ3v) is 4.29. The molecule has 0 radical (unpaired) electrons. The van der Waals surface area contributed by atoms with Gasteiger partial charge >= 0.3 is 0 Å². The van der Waals surface area contributed by atoms with E-state index in [4.69, 9.17) is 4.52 Å². The number of nitrogens with zero attached hydrogens (tertiary/aromatic N) is 3. The number of aryl methyl sites for hydroxylation is 1. The van der Waals surface area contributed by atoms with Crippen molar-refractivity contribution in [3.8, 4) is 11.4 Å². The summed E-state index contributed by atoms with van der Waals surface area (Å²) in [5.74, 6) is 0.545. The van der Waals surface area contributed by atoms with E-state index in [0.717, 1.165) is 18.4 Å². The third kappa shape index (κ3) is 4.59. The number of pyridine rings is 1. The Bertz CT molecular complexity index is 982. The van der Waals surface area contributed by atoms with E-state index in [1.165, 1.54) is 0 Å². The van der Waals surface area contributed by atoms with Crippen molar-refractivity contribution in [3.63, 3.8) is 0 Å². The zero-order chi connectivity index (χ0) is 19.3. The molecule has 8 heteroatoms. The van der Waals surface area contributed by atoms with Gasteiger partial charge in [-0.1, -0.05) is 11.2 Å². The van der Waals surface area contributed by atoms with Crippen LogP contribution in [0.2, 0.25) is 0 Å². The minimum absolute atomic E-state index is 0.117. The van der Waals surface area contributed by atoms with E-state index in [0.29, 0.717) is 29.4 Å². The Labute approximate surface area is 161 Å². The van der Waals surface area contributed by atoms with Crippen LogP contribution in [0.5, 0.6) is 0 Å². The molecule has 1 fully saturated rings. The van der Waals surface area contributed by atoms with Crippen LogP contribution in [0.3, 0.4) is 0 Å².